The van der Waals surface area contributed by atoms with E-state index in [2.05, 4.69) is 19.1 Å². The Morgan fingerprint density at radius 3 is 1.86 bits per heavy atom. The van der Waals surface area contributed by atoms with Crippen molar-refractivity contribution in [2.45, 2.75) is 84.0 Å². The molecule has 3 heteroatoms. The first-order chi connectivity index (χ1) is 13.6. The second kappa shape index (κ2) is 10.5. The molecule has 0 nitrogen and oxygen atoms in total. The fourth-order valence-corrected chi connectivity index (χ4v) is 5.42. The van der Waals surface area contributed by atoms with Gasteiger partial charge in [-0.05, 0) is 106 Å². The summed E-state index contributed by atoms with van der Waals surface area (Å²) in [6, 6.07) is 2.30. The lowest BCUT2D eigenvalue weighted by atomic mass is 9.68. The van der Waals surface area contributed by atoms with Crippen LogP contribution in [0.25, 0.3) is 0 Å². The van der Waals surface area contributed by atoms with Crippen LogP contribution in [0.15, 0.2) is 24.3 Å². The predicted molar refractivity (Wildman–Crippen MR) is 110 cm³/mol. The summed E-state index contributed by atoms with van der Waals surface area (Å²) in [5, 5.41) is 0. The van der Waals surface area contributed by atoms with Crippen LogP contribution < -0.4 is 0 Å². The van der Waals surface area contributed by atoms with Crippen molar-refractivity contribution in [3.05, 3.63) is 47.3 Å². The largest absolute Gasteiger partial charge is 0.204 e. The molecular formula is C25H35F3. The number of aryl methyl sites for hydroxylation is 1. The summed E-state index contributed by atoms with van der Waals surface area (Å²) in [7, 11) is 0. The maximum atomic E-state index is 13.4. The van der Waals surface area contributed by atoms with E-state index >= 15 is 0 Å². The third-order valence-corrected chi connectivity index (χ3v) is 7.21. The smallest absolute Gasteiger partial charge is 0.194 e. The normalized spacial score (nSPS) is 28.7. The van der Waals surface area contributed by atoms with Crippen LogP contribution in [0.2, 0.25) is 0 Å². The molecule has 2 aliphatic carbocycles. The minimum atomic E-state index is -1.36. The van der Waals surface area contributed by atoms with Crippen LogP contribution in [0.5, 0.6) is 0 Å². The molecule has 0 heterocycles. The third kappa shape index (κ3) is 5.87. The Morgan fingerprint density at radius 1 is 0.786 bits per heavy atom. The highest BCUT2D eigenvalue weighted by Crippen LogP contribution is 2.42. The summed E-state index contributed by atoms with van der Waals surface area (Å²) in [6.07, 6.45) is 19.3. The zero-order valence-electron chi connectivity index (χ0n) is 17.2. The topological polar surface area (TPSA) is 0 Å². The van der Waals surface area contributed by atoms with Crippen LogP contribution in [0.4, 0.5) is 13.2 Å². The lowest BCUT2D eigenvalue weighted by molar-refractivity contribution is 0.144. The second-order valence-electron chi connectivity index (χ2n) is 9.09. The van der Waals surface area contributed by atoms with Gasteiger partial charge in [-0.25, -0.2) is 13.2 Å². The van der Waals surface area contributed by atoms with Crippen molar-refractivity contribution in [3.63, 3.8) is 0 Å². The zero-order chi connectivity index (χ0) is 19.9. The molecule has 0 aromatic heterocycles. The Balaban J connectivity index is 1.37. The van der Waals surface area contributed by atoms with E-state index in [4.69, 9.17) is 0 Å². The molecule has 0 atom stereocenters. The summed E-state index contributed by atoms with van der Waals surface area (Å²) in [5.74, 6) is -0.175. The van der Waals surface area contributed by atoms with Crippen LogP contribution in [-0.2, 0) is 6.42 Å². The van der Waals surface area contributed by atoms with Gasteiger partial charge < -0.3 is 0 Å². The Hall–Kier alpha value is -1.25. The van der Waals surface area contributed by atoms with Crippen LogP contribution in [0, 0.1) is 41.1 Å². The minimum Gasteiger partial charge on any atom is -0.204 e. The van der Waals surface area contributed by atoms with Gasteiger partial charge in [-0.15, -0.1) is 0 Å². The Morgan fingerprint density at radius 2 is 1.32 bits per heavy atom. The molecule has 0 bridgehead atoms. The van der Waals surface area contributed by atoms with Crippen LogP contribution in [0.3, 0.4) is 0 Å². The van der Waals surface area contributed by atoms with Crippen LogP contribution >= 0.6 is 0 Å². The average molecular weight is 393 g/mol. The van der Waals surface area contributed by atoms with Gasteiger partial charge in [0.1, 0.15) is 0 Å². The second-order valence-corrected chi connectivity index (χ2v) is 9.09. The summed E-state index contributed by atoms with van der Waals surface area (Å²) >= 11 is 0. The quantitative estimate of drug-likeness (QED) is 0.326. The van der Waals surface area contributed by atoms with Gasteiger partial charge >= 0.3 is 0 Å². The van der Waals surface area contributed by atoms with E-state index in [0.29, 0.717) is 17.9 Å². The summed E-state index contributed by atoms with van der Waals surface area (Å²) < 4.78 is 39.8. The van der Waals surface area contributed by atoms with Gasteiger partial charge in [0, 0.05) is 0 Å². The van der Waals surface area contributed by atoms with Gasteiger partial charge in [0.25, 0.3) is 0 Å². The molecule has 3 rings (SSSR count). The molecule has 1 aromatic rings. The molecule has 0 saturated heterocycles. The van der Waals surface area contributed by atoms with E-state index in [9.17, 15) is 13.2 Å². The molecule has 1 aromatic carbocycles. The number of allylic oxidation sites excluding steroid dienone is 2. The van der Waals surface area contributed by atoms with Gasteiger partial charge in [0.2, 0.25) is 0 Å². The maximum Gasteiger partial charge on any atom is 0.194 e. The van der Waals surface area contributed by atoms with Crippen LogP contribution in [-0.4, -0.2) is 0 Å². The molecule has 2 aliphatic rings. The van der Waals surface area contributed by atoms with Gasteiger partial charge in [-0.3, -0.25) is 0 Å². The van der Waals surface area contributed by atoms with E-state index in [-0.39, 0.29) is 0 Å². The summed E-state index contributed by atoms with van der Waals surface area (Å²) in [5.41, 5.74) is 0.578. The van der Waals surface area contributed by atoms with Crippen molar-refractivity contribution in [2.24, 2.45) is 23.7 Å². The molecule has 2 saturated carbocycles. The number of halogens is 3. The maximum absolute atomic E-state index is 13.4. The first kappa shape index (κ1) is 21.5. The number of benzene rings is 1. The van der Waals surface area contributed by atoms with Crippen molar-refractivity contribution in [3.8, 4) is 0 Å². The van der Waals surface area contributed by atoms with Gasteiger partial charge in [-0.2, -0.15) is 0 Å². The average Bonchev–Trinajstić information content (AvgIpc) is 2.71. The van der Waals surface area contributed by atoms with Gasteiger partial charge in [0.05, 0.1) is 0 Å². The van der Waals surface area contributed by atoms with Crippen LogP contribution in [0.1, 0.15) is 83.1 Å². The van der Waals surface area contributed by atoms with Crippen molar-refractivity contribution >= 4 is 0 Å². The molecule has 0 aliphatic heterocycles. The molecule has 156 valence electrons. The Labute approximate surface area is 168 Å². The highest BCUT2D eigenvalue weighted by molar-refractivity contribution is 5.19. The van der Waals surface area contributed by atoms with E-state index in [1.807, 2.05) is 0 Å². The van der Waals surface area contributed by atoms with E-state index in [1.165, 1.54) is 57.8 Å². The molecule has 0 N–H and O–H groups in total. The van der Waals surface area contributed by atoms with Gasteiger partial charge in [-0.1, -0.05) is 31.9 Å². The van der Waals surface area contributed by atoms with E-state index in [0.717, 1.165) is 42.7 Å². The zero-order valence-corrected chi connectivity index (χ0v) is 17.2. The monoisotopic (exact) mass is 392 g/mol. The highest BCUT2D eigenvalue weighted by atomic mass is 19.2. The lowest BCUT2D eigenvalue weighted by Crippen LogP contribution is -2.26. The number of hydrogen-bond donors (Lipinski definition) is 0. The van der Waals surface area contributed by atoms with Crippen molar-refractivity contribution in [1.29, 1.82) is 0 Å². The third-order valence-electron chi connectivity index (χ3n) is 7.21. The minimum absolute atomic E-state index is 0.578. The molecule has 2 fully saturated rings. The van der Waals surface area contributed by atoms with Crippen molar-refractivity contribution in [2.75, 3.05) is 0 Å². The standard InChI is InChI=1S/C25H35F3/c1-2-3-4-5-18-8-12-21(13-9-18)22-14-10-19(11-15-22)6-7-20-16-23(26)25(28)24(27)17-20/h3-4,16-19,21-22H,2,5-15H2,1H3. The SMILES string of the molecule is CCC=CCC1CCC(C2CCC(CCc3cc(F)c(F)c(F)c3)CC2)CC1. The summed E-state index contributed by atoms with van der Waals surface area (Å²) in [4.78, 5) is 0. The summed E-state index contributed by atoms with van der Waals surface area (Å²) in [6.45, 7) is 2.19. The molecule has 0 radical (unpaired) electrons. The first-order valence-corrected chi connectivity index (χ1v) is 11.3. The van der Waals surface area contributed by atoms with Crippen molar-refractivity contribution < 1.29 is 13.2 Å². The molecule has 0 unspecified atom stereocenters. The number of rotatable bonds is 7. The predicted octanol–water partition coefficient (Wildman–Crippen LogP) is 8.01. The van der Waals surface area contributed by atoms with Gasteiger partial charge in [0.15, 0.2) is 17.5 Å². The molecule has 28 heavy (non-hydrogen) atoms. The fraction of sp³-hybridized carbons (Fsp3) is 0.680. The van der Waals surface area contributed by atoms with E-state index < -0.39 is 17.5 Å². The van der Waals surface area contributed by atoms with Crippen molar-refractivity contribution in [1.82, 2.24) is 0 Å². The first-order valence-electron chi connectivity index (χ1n) is 11.3. The fourth-order valence-electron chi connectivity index (χ4n) is 5.42. The molecular weight excluding hydrogens is 357 g/mol. The number of hydrogen-bond acceptors (Lipinski definition) is 0. The highest BCUT2D eigenvalue weighted by Gasteiger charge is 2.30. The molecule has 0 spiro atoms. The lowest BCUT2D eigenvalue weighted by Gasteiger charge is -2.37. The van der Waals surface area contributed by atoms with E-state index in [1.54, 1.807) is 0 Å². The Kier molecular flexibility index (Phi) is 8.05. The Bertz CT molecular complexity index is 612. The molecule has 0 amide bonds.